The van der Waals surface area contributed by atoms with Gasteiger partial charge < -0.3 is 24.4 Å². The van der Waals surface area contributed by atoms with Crippen molar-refractivity contribution in [3.8, 4) is 0 Å². The first-order valence-electron chi connectivity index (χ1n) is 14.9. The quantitative estimate of drug-likeness (QED) is 0.282. The van der Waals surface area contributed by atoms with Crippen LogP contribution in [0.1, 0.15) is 94.1 Å². The lowest BCUT2D eigenvalue weighted by atomic mass is 9.68. The summed E-state index contributed by atoms with van der Waals surface area (Å²) in [5, 5.41) is 18.7. The lowest BCUT2D eigenvalue weighted by Gasteiger charge is -2.38. The third kappa shape index (κ3) is 7.68. The highest BCUT2D eigenvalue weighted by Gasteiger charge is 2.33. The van der Waals surface area contributed by atoms with Crippen LogP contribution in [0.4, 0.5) is 0 Å². The minimum atomic E-state index is -0.678. The third-order valence-corrected chi connectivity index (χ3v) is 9.36. The first kappa shape index (κ1) is 29.3. The highest BCUT2D eigenvalue weighted by atomic mass is 16.7. The van der Waals surface area contributed by atoms with Gasteiger partial charge in [-0.15, -0.1) is 0 Å². The molecule has 2 saturated carbocycles. The van der Waals surface area contributed by atoms with E-state index in [1.165, 1.54) is 75.3 Å². The standard InChI is InChI=1S/C32H48O6/c1-3-4-23-5-7-24(8-6-23)25-9-11-26(12-10-25)27-13-15-28(16-14-27)30-20-37-32(38-21-30)29(18-34)19-36-31(35)22(2)17-33/h13-16,23-26,29-30,32-34H,2-12,17-21H2,1H3. The van der Waals surface area contributed by atoms with E-state index in [2.05, 4.69) is 37.8 Å². The Morgan fingerprint density at radius 1 is 0.921 bits per heavy atom. The molecule has 1 aromatic carbocycles. The van der Waals surface area contributed by atoms with Gasteiger partial charge in [0.1, 0.15) is 6.61 Å². The summed E-state index contributed by atoms with van der Waals surface area (Å²) < 4.78 is 16.9. The van der Waals surface area contributed by atoms with Crippen molar-refractivity contribution in [2.45, 2.75) is 89.3 Å². The fourth-order valence-corrected chi connectivity index (χ4v) is 6.87. The zero-order valence-electron chi connectivity index (χ0n) is 23.2. The van der Waals surface area contributed by atoms with Crippen LogP contribution in [0.15, 0.2) is 36.4 Å². The summed E-state index contributed by atoms with van der Waals surface area (Å²) in [4.78, 5) is 11.7. The smallest absolute Gasteiger partial charge is 0.335 e. The van der Waals surface area contributed by atoms with Crippen LogP contribution in [-0.2, 0) is 19.0 Å². The first-order chi connectivity index (χ1) is 18.5. The summed E-state index contributed by atoms with van der Waals surface area (Å²) in [6, 6.07) is 9.04. The molecule has 0 amide bonds. The summed E-state index contributed by atoms with van der Waals surface area (Å²) in [7, 11) is 0. The number of rotatable bonds is 11. The van der Waals surface area contributed by atoms with E-state index in [1.54, 1.807) is 0 Å². The molecule has 1 unspecified atom stereocenters. The predicted octanol–water partition coefficient (Wildman–Crippen LogP) is 5.72. The Hall–Kier alpha value is -1.73. The molecule has 1 aliphatic heterocycles. The normalized spacial score (nSPS) is 30.9. The van der Waals surface area contributed by atoms with Gasteiger partial charge in [-0.1, -0.05) is 63.5 Å². The van der Waals surface area contributed by atoms with Crippen LogP contribution >= 0.6 is 0 Å². The van der Waals surface area contributed by atoms with Gasteiger partial charge >= 0.3 is 5.97 Å². The molecule has 2 N–H and O–H groups in total. The van der Waals surface area contributed by atoms with Crippen molar-refractivity contribution in [2.75, 3.05) is 33.0 Å². The monoisotopic (exact) mass is 528 g/mol. The molecule has 1 saturated heterocycles. The molecule has 212 valence electrons. The molecule has 2 aliphatic carbocycles. The van der Waals surface area contributed by atoms with Gasteiger partial charge in [0.05, 0.1) is 37.9 Å². The SMILES string of the molecule is C=C(CO)C(=O)OCC(CO)C1OCC(c2ccc(C3CCC(C4CCC(CCC)CC4)CC3)cc2)CO1. The van der Waals surface area contributed by atoms with Crippen molar-refractivity contribution in [1.82, 2.24) is 0 Å². The van der Waals surface area contributed by atoms with Gasteiger partial charge in [0.15, 0.2) is 6.29 Å². The summed E-state index contributed by atoms with van der Waals surface area (Å²) in [6.07, 6.45) is 13.4. The number of aliphatic hydroxyl groups excluding tert-OH is 2. The Morgan fingerprint density at radius 3 is 2.00 bits per heavy atom. The number of benzene rings is 1. The second kappa shape index (κ2) is 14.6. The van der Waals surface area contributed by atoms with E-state index < -0.39 is 24.8 Å². The maximum Gasteiger partial charge on any atom is 0.335 e. The van der Waals surface area contributed by atoms with E-state index in [1.807, 2.05) is 0 Å². The lowest BCUT2D eigenvalue weighted by molar-refractivity contribution is -0.224. The Kier molecular flexibility index (Phi) is 11.2. The molecule has 0 bridgehead atoms. The van der Waals surface area contributed by atoms with Gasteiger partial charge in [-0.3, -0.25) is 0 Å². The van der Waals surface area contributed by atoms with E-state index >= 15 is 0 Å². The molecule has 4 rings (SSSR count). The average Bonchev–Trinajstić information content (AvgIpc) is 2.98. The van der Waals surface area contributed by atoms with Gasteiger partial charge in [-0.05, 0) is 73.3 Å². The highest BCUT2D eigenvalue weighted by molar-refractivity contribution is 5.87. The fraction of sp³-hybridized carbons (Fsp3) is 0.719. The molecule has 38 heavy (non-hydrogen) atoms. The Labute approximate surface area is 228 Å². The molecule has 1 heterocycles. The summed E-state index contributed by atoms with van der Waals surface area (Å²) in [5.41, 5.74) is 2.64. The second-order valence-corrected chi connectivity index (χ2v) is 11.9. The van der Waals surface area contributed by atoms with Gasteiger partial charge in [0.25, 0.3) is 0 Å². The Balaban J connectivity index is 1.20. The van der Waals surface area contributed by atoms with Crippen molar-refractivity contribution in [1.29, 1.82) is 0 Å². The first-order valence-corrected chi connectivity index (χ1v) is 14.9. The number of carbonyl (C=O) groups excluding carboxylic acids is 1. The number of hydrogen-bond donors (Lipinski definition) is 2. The van der Waals surface area contributed by atoms with Gasteiger partial charge in [0, 0.05) is 5.92 Å². The van der Waals surface area contributed by atoms with Gasteiger partial charge in [-0.25, -0.2) is 4.79 Å². The zero-order chi connectivity index (χ0) is 26.9. The van der Waals surface area contributed by atoms with Crippen LogP contribution in [0.25, 0.3) is 0 Å². The molecule has 1 atom stereocenters. The minimum absolute atomic E-state index is 0.0200. The van der Waals surface area contributed by atoms with Crippen LogP contribution in [0.2, 0.25) is 0 Å². The largest absolute Gasteiger partial charge is 0.462 e. The molecule has 0 radical (unpaired) electrons. The number of hydrogen-bond acceptors (Lipinski definition) is 6. The van der Waals surface area contributed by atoms with E-state index in [0.29, 0.717) is 19.1 Å². The molecule has 1 aromatic rings. The van der Waals surface area contributed by atoms with Crippen molar-refractivity contribution < 1.29 is 29.2 Å². The zero-order valence-corrected chi connectivity index (χ0v) is 23.2. The minimum Gasteiger partial charge on any atom is -0.462 e. The predicted molar refractivity (Wildman–Crippen MR) is 148 cm³/mol. The van der Waals surface area contributed by atoms with Crippen LogP contribution in [0.5, 0.6) is 0 Å². The summed E-state index contributed by atoms with van der Waals surface area (Å²) >= 11 is 0. The third-order valence-electron chi connectivity index (χ3n) is 9.36. The summed E-state index contributed by atoms with van der Waals surface area (Å²) in [5.74, 6) is 2.55. The fourth-order valence-electron chi connectivity index (χ4n) is 6.87. The molecule has 0 spiro atoms. The molecular formula is C32H48O6. The lowest BCUT2D eigenvalue weighted by Crippen LogP contribution is -2.40. The Morgan fingerprint density at radius 2 is 1.47 bits per heavy atom. The van der Waals surface area contributed by atoms with Crippen LogP contribution < -0.4 is 0 Å². The van der Waals surface area contributed by atoms with E-state index in [4.69, 9.17) is 19.3 Å². The van der Waals surface area contributed by atoms with Crippen LogP contribution in [0, 0.1) is 23.7 Å². The maximum atomic E-state index is 11.7. The van der Waals surface area contributed by atoms with Crippen LogP contribution in [-0.4, -0.2) is 55.5 Å². The topological polar surface area (TPSA) is 85.2 Å². The van der Waals surface area contributed by atoms with Crippen LogP contribution in [0.3, 0.4) is 0 Å². The van der Waals surface area contributed by atoms with Gasteiger partial charge in [0.2, 0.25) is 0 Å². The second-order valence-electron chi connectivity index (χ2n) is 11.9. The molecule has 6 heteroatoms. The number of esters is 1. The van der Waals surface area contributed by atoms with Gasteiger partial charge in [-0.2, -0.15) is 0 Å². The summed E-state index contributed by atoms with van der Waals surface area (Å²) in [6.45, 7) is 6.01. The number of carbonyl (C=O) groups is 1. The van der Waals surface area contributed by atoms with Crippen molar-refractivity contribution >= 4 is 5.97 Å². The van der Waals surface area contributed by atoms with E-state index in [0.717, 1.165) is 17.8 Å². The van der Waals surface area contributed by atoms with Crippen molar-refractivity contribution in [2.24, 2.45) is 23.7 Å². The number of ether oxygens (including phenoxy) is 3. The molecule has 6 nitrogen and oxygen atoms in total. The molecular weight excluding hydrogens is 480 g/mol. The van der Waals surface area contributed by atoms with E-state index in [9.17, 15) is 9.90 Å². The molecule has 3 fully saturated rings. The van der Waals surface area contributed by atoms with Crippen molar-refractivity contribution in [3.63, 3.8) is 0 Å². The Bertz CT molecular complexity index is 858. The maximum absolute atomic E-state index is 11.7. The van der Waals surface area contributed by atoms with E-state index in [-0.39, 0.29) is 24.7 Å². The number of aliphatic hydroxyl groups is 2. The molecule has 0 aromatic heterocycles. The van der Waals surface area contributed by atoms with Crippen molar-refractivity contribution in [3.05, 3.63) is 47.5 Å². The molecule has 3 aliphatic rings. The average molecular weight is 529 g/mol. The highest BCUT2D eigenvalue weighted by Crippen LogP contribution is 2.44.